The third-order valence-electron chi connectivity index (χ3n) is 5.54. The molecule has 1 saturated carbocycles. The van der Waals surface area contributed by atoms with E-state index in [1.807, 2.05) is 6.26 Å². The molecule has 1 aromatic heterocycles. The Hall–Kier alpha value is -1.29. The number of rotatable bonds is 7. The van der Waals surface area contributed by atoms with E-state index >= 15 is 0 Å². The van der Waals surface area contributed by atoms with Crippen LogP contribution in [-0.2, 0) is 17.6 Å². The van der Waals surface area contributed by atoms with Crippen molar-refractivity contribution in [3.05, 3.63) is 60.4 Å². The van der Waals surface area contributed by atoms with Gasteiger partial charge in [-0.15, -0.1) is 0 Å². The van der Waals surface area contributed by atoms with Crippen molar-refractivity contribution in [1.82, 2.24) is 0 Å². The second-order valence-electron chi connectivity index (χ2n) is 7.66. The summed E-state index contributed by atoms with van der Waals surface area (Å²) in [4.78, 5) is 10.8. The minimum absolute atomic E-state index is 0.332. The molecule has 2 aromatic carbocycles. The van der Waals surface area contributed by atoms with E-state index < -0.39 is 5.97 Å². The predicted molar refractivity (Wildman–Crippen MR) is 130 cm³/mol. The van der Waals surface area contributed by atoms with E-state index in [1.165, 1.54) is 42.2 Å². The van der Waals surface area contributed by atoms with Gasteiger partial charge < -0.3 is 14.3 Å². The topological polar surface area (TPSA) is 59.7 Å². The Labute approximate surface area is 197 Å². The molecule has 4 rings (SSSR count). The summed E-state index contributed by atoms with van der Waals surface area (Å²) in [5.74, 6) is 0.447. The van der Waals surface area contributed by atoms with E-state index in [1.54, 1.807) is 0 Å². The van der Waals surface area contributed by atoms with Gasteiger partial charge in [0.05, 0.1) is 13.4 Å². The van der Waals surface area contributed by atoms with E-state index in [-0.39, 0.29) is 6.61 Å². The summed E-state index contributed by atoms with van der Waals surface area (Å²) in [6.45, 7) is -0.332. The van der Waals surface area contributed by atoms with Crippen LogP contribution in [0.5, 0.6) is 5.75 Å². The first kappa shape index (κ1) is 21.0. The smallest absolute Gasteiger partial charge is 0.341 e. The molecule has 152 valence electrons. The van der Waals surface area contributed by atoms with Gasteiger partial charge in [0, 0.05) is 17.4 Å². The lowest BCUT2D eigenvalue weighted by Gasteiger charge is -2.11. The zero-order chi connectivity index (χ0) is 20.4. The molecule has 1 aliphatic carbocycles. The van der Waals surface area contributed by atoms with Gasteiger partial charge >= 0.3 is 5.97 Å². The van der Waals surface area contributed by atoms with Gasteiger partial charge in [-0.05, 0) is 80.8 Å². The number of hydrogen-bond donors (Lipinski definition) is 1. The van der Waals surface area contributed by atoms with Crippen molar-refractivity contribution in [2.45, 2.75) is 38.5 Å². The van der Waals surface area contributed by atoms with Gasteiger partial charge in [-0.25, -0.2) is 4.79 Å². The van der Waals surface area contributed by atoms with Gasteiger partial charge in [-0.1, -0.05) is 43.9 Å². The number of para-hydroxylation sites is 1. The van der Waals surface area contributed by atoms with Gasteiger partial charge in [0.1, 0.15) is 11.3 Å². The van der Waals surface area contributed by atoms with Crippen LogP contribution >= 0.6 is 45.2 Å². The van der Waals surface area contributed by atoms with Gasteiger partial charge in [-0.2, -0.15) is 0 Å². The zero-order valence-electron chi connectivity index (χ0n) is 15.9. The number of benzene rings is 2. The molecule has 3 aromatic rings. The predicted octanol–water partition coefficient (Wildman–Crippen LogP) is 6.43. The van der Waals surface area contributed by atoms with Crippen LogP contribution in [0, 0.1) is 13.1 Å². The summed E-state index contributed by atoms with van der Waals surface area (Å²) < 4.78 is 13.3. The number of carboxylic acid groups (broad SMARTS) is 1. The summed E-state index contributed by atoms with van der Waals surface area (Å²) >= 11 is 4.41. The first-order valence-corrected chi connectivity index (χ1v) is 12.0. The maximum absolute atomic E-state index is 10.8. The highest BCUT2D eigenvalue weighted by Gasteiger charge is 2.19. The Morgan fingerprint density at radius 2 is 1.86 bits per heavy atom. The van der Waals surface area contributed by atoms with Crippen LogP contribution < -0.4 is 4.74 Å². The minimum atomic E-state index is -0.973. The van der Waals surface area contributed by atoms with Crippen LogP contribution in [0.3, 0.4) is 0 Å². The average molecular weight is 616 g/mol. The average Bonchev–Trinajstić information content (AvgIpc) is 3.32. The van der Waals surface area contributed by atoms with Crippen molar-refractivity contribution in [2.24, 2.45) is 5.92 Å². The Bertz CT molecular complexity index is 1010. The minimum Gasteiger partial charge on any atom is -0.480 e. The molecule has 29 heavy (non-hydrogen) atoms. The Morgan fingerprint density at radius 1 is 1.14 bits per heavy atom. The Morgan fingerprint density at radius 3 is 2.55 bits per heavy atom. The Balaban J connectivity index is 1.57. The molecule has 0 spiro atoms. The van der Waals surface area contributed by atoms with Crippen molar-refractivity contribution in [3.63, 3.8) is 0 Å². The van der Waals surface area contributed by atoms with E-state index in [0.717, 1.165) is 37.0 Å². The highest BCUT2D eigenvalue weighted by molar-refractivity contribution is 14.1. The lowest BCUT2D eigenvalue weighted by atomic mass is 9.95. The van der Waals surface area contributed by atoms with Crippen molar-refractivity contribution in [3.8, 4) is 5.75 Å². The van der Waals surface area contributed by atoms with Gasteiger partial charge in [0.15, 0.2) is 6.61 Å². The van der Waals surface area contributed by atoms with E-state index in [9.17, 15) is 4.79 Å². The lowest BCUT2D eigenvalue weighted by molar-refractivity contribution is -0.139. The van der Waals surface area contributed by atoms with Crippen LogP contribution in [0.15, 0.2) is 41.0 Å². The molecule has 0 atom stereocenters. The fourth-order valence-corrected chi connectivity index (χ4v) is 6.41. The van der Waals surface area contributed by atoms with Gasteiger partial charge in [0.25, 0.3) is 0 Å². The normalized spacial score (nSPS) is 14.6. The number of aliphatic carboxylic acids is 1. The second-order valence-corrected chi connectivity index (χ2v) is 9.98. The third kappa shape index (κ3) is 4.90. The number of hydrogen-bond acceptors (Lipinski definition) is 3. The maximum atomic E-state index is 10.8. The molecule has 0 aliphatic heterocycles. The van der Waals surface area contributed by atoms with Crippen LogP contribution in [0.25, 0.3) is 11.0 Å². The van der Waals surface area contributed by atoms with Crippen LogP contribution in [0.1, 0.15) is 42.4 Å². The number of halogens is 2. The number of carbonyl (C=O) groups is 1. The number of ether oxygens (including phenoxy) is 1. The zero-order valence-corrected chi connectivity index (χ0v) is 20.2. The highest BCUT2D eigenvalue weighted by atomic mass is 127. The van der Waals surface area contributed by atoms with Crippen LogP contribution in [0.2, 0.25) is 0 Å². The summed E-state index contributed by atoms with van der Waals surface area (Å²) in [5.41, 5.74) is 4.69. The standard InChI is InChI=1S/C23H22I2O4/c24-19-10-15(11-20(25)23(19)29-13-21(26)27)9-17-12-28-22-16(6-3-7-18(17)22)8-14-4-1-2-5-14/h3,6-7,10-12,14H,1-2,4-5,8-9,13H2,(H,26,27). The number of furan rings is 1. The summed E-state index contributed by atoms with van der Waals surface area (Å²) in [7, 11) is 0. The monoisotopic (exact) mass is 616 g/mol. The quantitative estimate of drug-likeness (QED) is 0.311. The number of fused-ring (bicyclic) bond motifs is 1. The second kappa shape index (κ2) is 9.24. The molecule has 1 heterocycles. The SMILES string of the molecule is O=C(O)COc1c(I)cc(Cc2coc3c(CC4CCCC4)cccc23)cc1I. The molecule has 0 unspecified atom stereocenters. The van der Waals surface area contributed by atoms with Crippen molar-refractivity contribution >= 4 is 62.1 Å². The van der Waals surface area contributed by atoms with Crippen LogP contribution in [-0.4, -0.2) is 17.7 Å². The molecular formula is C23H22I2O4. The van der Waals surface area contributed by atoms with Gasteiger partial charge in [0.2, 0.25) is 0 Å². The fraction of sp³-hybridized carbons (Fsp3) is 0.348. The highest BCUT2D eigenvalue weighted by Crippen LogP contribution is 2.34. The van der Waals surface area contributed by atoms with Crippen LogP contribution in [0.4, 0.5) is 0 Å². The fourth-order valence-electron chi connectivity index (χ4n) is 4.20. The lowest BCUT2D eigenvalue weighted by Crippen LogP contribution is -2.11. The Kier molecular flexibility index (Phi) is 6.68. The van der Waals surface area contributed by atoms with Crippen molar-refractivity contribution < 1.29 is 19.1 Å². The molecule has 0 radical (unpaired) electrons. The molecular weight excluding hydrogens is 594 g/mol. The largest absolute Gasteiger partial charge is 0.480 e. The number of carboxylic acids is 1. The van der Waals surface area contributed by atoms with Crippen molar-refractivity contribution in [2.75, 3.05) is 6.61 Å². The van der Waals surface area contributed by atoms with Crippen molar-refractivity contribution in [1.29, 1.82) is 0 Å². The first-order chi connectivity index (χ1) is 14.0. The molecule has 1 N–H and O–H groups in total. The first-order valence-electron chi connectivity index (χ1n) is 9.81. The molecule has 4 nitrogen and oxygen atoms in total. The maximum Gasteiger partial charge on any atom is 0.341 e. The third-order valence-corrected chi connectivity index (χ3v) is 7.14. The summed E-state index contributed by atoms with van der Waals surface area (Å²) in [5, 5.41) is 10.0. The summed E-state index contributed by atoms with van der Waals surface area (Å²) in [6.07, 6.45) is 9.13. The molecule has 6 heteroatoms. The molecule has 0 amide bonds. The van der Waals surface area contributed by atoms with E-state index in [2.05, 4.69) is 75.5 Å². The van der Waals surface area contributed by atoms with E-state index in [4.69, 9.17) is 14.3 Å². The molecule has 1 aliphatic rings. The molecule has 0 bridgehead atoms. The molecule has 0 saturated heterocycles. The molecule has 1 fully saturated rings. The van der Waals surface area contributed by atoms with Gasteiger partial charge in [-0.3, -0.25) is 0 Å². The van der Waals surface area contributed by atoms with E-state index in [0.29, 0.717) is 5.75 Å². The summed E-state index contributed by atoms with van der Waals surface area (Å²) in [6, 6.07) is 10.6.